The van der Waals surface area contributed by atoms with Crippen LogP contribution >= 0.6 is 0 Å². The van der Waals surface area contributed by atoms with Crippen LogP contribution in [-0.2, 0) is 18.4 Å². The Morgan fingerprint density at radius 3 is 2.54 bits per heavy atom. The lowest BCUT2D eigenvalue weighted by Gasteiger charge is -2.40. The third-order valence-electron chi connectivity index (χ3n) is 8.74. The zero-order valence-corrected chi connectivity index (χ0v) is 23.9. The Morgan fingerprint density at radius 1 is 0.976 bits per heavy atom. The predicted octanol–water partition coefficient (Wildman–Crippen LogP) is 4.38. The Bertz CT molecular complexity index is 1540. The maximum atomic E-state index is 13.6. The summed E-state index contributed by atoms with van der Waals surface area (Å²) in [6.45, 7) is 7.40. The number of hydrogen-bond acceptors (Lipinski definition) is 5. The van der Waals surface area contributed by atoms with Crippen molar-refractivity contribution < 1.29 is 14.3 Å². The van der Waals surface area contributed by atoms with Crippen molar-refractivity contribution in [3.8, 4) is 5.75 Å². The van der Waals surface area contributed by atoms with Crippen molar-refractivity contribution in [2.24, 2.45) is 0 Å². The van der Waals surface area contributed by atoms with Crippen LogP contribution in [0.25, 0.3) is 0 Å². The highest BCUT2D eigenvalue weighted by molar-refractivity contribution is 5.95. The number of methoxy groups -OCH3 is 1. The third kappa shape index (κ3) is 5.28. The van der Waals surface area contributed by atoms with Gasteiger partial charge in [0.25, 0.3) is 5.91 Å². The standard InChI is InChI=1S/C32H37N5O4/c1-32(2)20-36(19-22-6-4-5-7-26(22)32)30(39)23-17-28(34-29(38)18-23)35-13-11-24(12-14-35)37-15-10-21-16-25(41-3)8-9-27(21)33-31(37)40/h4-9,16-18,24H,10-15,19-20H2,1-3H3,(H,33,40)(H,34,38). The molecule has 6 rings (SSSR count). The number of rotatable bonds is 4. The van der Waals surface area contributed by atoms with E-state index in [-0.39, 0.29) is 29.0 Å². The van der Waals surface area contributed by atoms with Crippen LogP contribution in [0.15, 0.2) is 59.4 Å². The Morgan fingerprint density at radius 2 is 1.76 bits per heavy atom. The molecule has 0 radical (unpaired) electrons. The molecule has 1 aromatic heterocycles. The summed E-state index contributed by atoms with van der Waals surface area (Å²) in [6, 6.07) is 17.2. The van der Waals surface area contributed by atoms with Crippen LogP contribution in [0.3, 0.4) is 0 Å². The zero-order chi connectivity index (χ0) is 28.7. The summed E-state index contributed by atoms with van der Waals surface area (Å²) in [4.78, 5) is 48.3. The minimum atomic E-state index is -0.287. The van der Waals surface area contributed by atoms with Gasteiger partial charge in [0.15, 0.2) is 0 Å². The van der Waals surface area contributed by atoms with Crippen LogP contribution in [0.2, 0.25) is 0 Å². The lowest BCUT2D eigenvalue weighted by Crippen LogP contribution is -2.49. The highest BCUT2D eigenvalue weighted by Crippen LogP contribution is 2.34. The molecule has 0 saturated carbocycles. The fraction of sp³-hybridized carbons (Fsp3) is 0.406. The molecule has 0 aliphatic carbocycles. The minimum Gasteiger partial charge on any atom is -0.497 e. The molecule has 9 nitrogen and oxygen atoms in total. The van der Waals surface area contributed by atoms with E-state index < -0.39 is 0 Å². The van der Waals surface area contributed by atoms with Crippen molar-refractivity contribution in [2.45, 2.75) is 51.1 Å². The molecule has 9 heteroatoms. The van der Waals surface area contributed by atoms with Crippen molar-refractivity contribution in [2.75, 3.05) is 43.5 Å². The van der Waals surface area contributed by atoms with Crippen molar-refractivity contribution in [3.05, 3.63) is 87.2 Å². The van der Waals surface area contributed by atoms with E-state index in [9.17, 15) is 14.4 Å². The summed E-state index contributed by atoms with van der Waals surface area (Å²) in [5, 5.41) is 3.06. The van der Waals surface area contributed by atoms with Crippen LogP contribution < -0.4 is 20.5 Å². The zero-order valence-electron chi connectivity index (χ0n) is 23.9. The number of H-pyrrole nitrogens is 1. The SMILES string of the molecule is COc1ccc2c(c1)CCN(C1CCN(c3cc(C(=O)N4Cc5ccccc5C(C)(C)C4)cc(=O)[nH]3)CC1)C(=O)N2. The second kappa shape index (κ2) is 10.6. The van der Waals surface area contributed by atoms with Gasteiger partial charge in [-0.3, -0.25) is 9.59 Å². The molecule has 4 heterocycles. The maximum Gasteiger partial charge on any atom is 0.322 e. The van der Waals surface area contributed by atoms with E-state index in [4.69, 9.17) is 4.74 Å². The number of benzene rings is 2. The molecule has 0 unspecified atom stereocenters. The average Bonchev–Trinajstić information content (AvgIpc) is 3.13. The number of nitrogens with one attached hydrogen (secondary N) is 2. The van der Waals surface area contributed by atoms with E-state index in [1.807, 2.05) is 40.1 Å². The molecule has 1 fully saturated rings. The number of amides is 3. The molecule has 214 valence electrons. The second-order valence-corrected chi connectivity index (χ2v) is 11.9. The first-order valence-electron chi connectivity index (χ1n) is 14.3. The van der Waals surface area contributed by atoms with Crippen LogP contribution in [0.5, 0.6) is 5.75 Å². The molecule has 0 spiro atoms. The summed E-state index contributed by atoms with van der Waals surface area (Å²) < 4.78 is 5.35. The number of aromatic amines is 1. The molecule has 3 aliphatic heterocycles. The van der Waals surface area contributed by atoms with Gasteiger partial charge in [0.2, 0.25) is 5.56 Å². The highest BCUT2D eigenvalue weighted by Gasteiger charge is 2.35. The van der Waals surface area contributed by atoms with Gasteiger partial charge in [-0.05, 0) is 60.2 Å². The fourth-order valence-corrected chi connectivity index (χ4v) is 6.61. The Kier molecular flexibility index (Phi) is 6.97. The molecule has 41 heavy (non-hydrogen) atoms. The molecule has 3 aliphatic rings. The lowest BCUT2D eigenvalue weighted by atomic mass is 9.78. The summed E-state index contributed by atoms with van der Waals surface area (Å²) in [5.41, 5.74) is 4.24. The normalized spacial score (nSPS) is 18.7. The van der Waals surface area contributed by atoms with E-state index >= 15 is 0 Å². The summed E-state index contributed by atoms with van der Waals surface area (Å²) in [5.74, 6) is 1.30. The smallest absolute Gasteiger partial charge is 0.322 e. The monoisotopic (exact) mass is 555 g/mol. The topological polar surface area (TPSA) is 98.0 Å². The first kappa shape index (κ1) is 26.9. The van der Waals surface area contributed by atoms with Crippen LogP contribution in [0.1, 0.15) is 53.7 Å². The van der Waals surface area contributed by atoms with Gasteiger partial charge < -0.3 is 29.7 Å². The van der Waals surface area contributed by atoms with Crippen molar-refractivity contribution >= 4 is 23.4 Å². The first-order chi connectivity index (χ1) is 19.7. The van der Waals surface area contributed by atoms with Crippen LogP contribution in [-0.4, -0.2) is 66.1 Å². The van der Waals surface area contributed by atoms with E-state index in [1.54, 1.807) is 13.2 Å². The number of hydrogen-bond donors (Lipinski definition) is 2. The average molecular weight is 556 g/mol. The van der Waals surface area contributed by atoms with Gasteiger partial charge in [-0.25, -0.2) is 4.79 Å². The van der Waals surface area contributed by atoms with Gasteiger partial charge in [0.05, 0.1) is 7.11 Å². The van der Waals surface area contributed by atoms with Crippen LogP contribution in [0, 0.1) is 0 Å². The Balaban J connectivity index is 1.13. The number of ether oxygens (including phenoxy) is 1. The van der Waals surface area contributed by atoms with Gasteiger partial charge in [-0.15, -0.1) is 0 Å². The van der Waals surface area contributed by atoms with Crippen molar-refractivity contribution in [1.29, 1.82) is 0 Å². The molecule has 2 aromatic carbocycles. The quantitative estimate of drug-likeness (QED) is 0.498. The molecular formula is C32H37N5O4. The summed E-state index contributed by atoms with van der Waals surface area (Å²) in [6.07, 6.45) is 2.29. The molecule has 1 saturated heterocycles. The number of aromatic nitrogens is 1. The second-order valence-electron chi connectivity index (χ2n) is 11.9. The fourth-order valence-electron chi connectivity index (χ4n) is 6.61. The summed E-state index contributed by atoms with van der Waals surface area (Å²) in [7, 11) is 1.64. The molecular weight excluding hydrogens is 518 g/mol. The number of carbonyl (C=O) groups excluding carboxylic acids is 2. The van der Waals surface area contributed by atoms with Crippen molar-refractivity contribution in [1.82, 2.24) is 14.8 Å². The third-order valence-corrected chi connectivity index (χ3v) is 8.74. The highest BCUT2D eigenvalue weighted by atomic mass is 16.5. The number of fused-ring (bicyclic) bond motifs is 2. The molecule has 2 N–H and O–H groups in total. The number of urea groups is 1. The molecule has 3 amide bonds. The Labute approximate surface area is 240 Å². The lowest BCUT2D eigenvalue weighted by molar-refractivity contribution is 0.0686. The van der Waals surface area contributed by atoms with Gasteiger partial charge >= 0.3 is 6.03 Å². The molecule has 0 atom stereocenters. The number of pyridine rings is 1. The number of anilines is 2. The van der Waals surface area contributed by atoms with E-state index in [1.165, 1.54) is 11.6 Å². The largest absolute Gasteiger partial charge is 0.497 e. The first-order valence-corrected chi connectivity index (χ1v) is 14.3. The van der Waals surface area contributed by atoms with Crippen LogP contribution in [0.4, 0.5) is 16.3 Å². The Hall–Kier alpha value is -4.27. The van der Waals surface area contributed by atoms with E-state index in [0.717, 1.165) is 41.8 Å². The predicted molar refractivity (Wildman–Crippen MR) is 159 cm³/mol. The van der Waals surface area contributed by atoms with Gasteiger partial charge in [-0.2, -0.15) is 0 Å². The van der Waals surface area contributed by atoms with Crippen molar-refractivity contribution in [3.63, 3.8) is 0 Å². The van der Waals surface area contributed by atoms with E-state index in [0.29, 0.717) is 44.1 Å². The molecule has 0 bridgehead atoms. The number of piperidine rings is 1. The van der Waals surface area contributed by atoms with Gasteiger partial charge in [0.1, 0.15) is 11.6 Å². The van der Waals surface area contributed by atoms with E-state index in [2.05, 4.69) is 41.2 Å². The van der Waals surface area contributed by atoms with Gasteiger partial charge in [0, 0.05) is 61.5 Å². The van der Waals surface area contributed by atoms with Gasteiger partial charge in [-0.1, -0.05) is 38.1 Å². The number of nitrogens with zero attached hydrogens (tertiary/aromatic N) is 3. The molecule has 3 aromatic rings. The summed E-state index contributed by atoms with van der Waals surface area (Å²) >= 11 is 0. The minimum absolute atomic E-state index is 0.0839. The number of carbonyl (C=O) groups is 2. The maximum absolute atomic E-state index is 13.6.